The van der Waals surface area contributed by atoms with Crippen LogP contribution in [0.4, 0.5) is 0 Å². The van der Waals surface area contributed by atoms with Gasteiger partial charge in [0.05, 0.1) is 0 Å². The summed E-state index contributed by atoms with van der Waals surface area (Å²) in [6.45, 7) is 18.6. The first-order valence-corrected chi connectivity index (χ1v) is 12.0. The van der Waals surface area contributed by atoms with Gasteiger partial charge in [-0.05, 0) is 75.5 Å². The zero-order valence-corrected chi connectivity index (χ0v) is 20.7. The van der Waals surface area contributed by atoms with Gasteiger partial charge in [-0.15, -0.1) is 0 Å². The highest BCUT2D eigenvalue weighted by atomic mass is 14.3. The molecule has 0 saturated carbocycles. The molecule has 162 valence electrons. The number of aryl methyl sites for hydroxylation is 1. The van der Waals surface area contributed by atoms with Gasteiger partial charge in [-0.2, -0.15) is 0 Å². The maximum atomic E-state index is 2.53. The number of hydrogen-bond donors (Lipinski definition) is 0. The maximum absolute atomic E-state index is 2.53. The van der Waals surface area contributed by atoms with Gasteiger partial charge in [0.2, 0.25) is 0 Å². The molecule has 2 aromatic carbocycles. The van der Waals surface area contributed by atoms with E-state index in [2.05, 4.69) is 91.8 Å². The second kappa shape index (κ2) is 8.74. The van der Waals surface area contributed by atoms with Gasteiger partial charge in [-0.3, -0.25) is 0 Å². The second-order valence-electron chi connectivity index (χ2n) is 11.3. The van der Waals surface area contributed by atoms with Crippen LogP contribution in [0, 0.1) is 0 Å². The van der Waals surface area contributed by atoms with Gasteiger partial charge in [0.15, 0.2) is 0 Å². The van der Waals surface area contributed by atoms with Crippen LogP contribution >= 0.6 is 0 Å². The summed E-state index contributed by atoms with van der Waals surface area (Å²) in [4.78, 5) is 0. The van der Waals surface area contributed by atoms with Crippen LogP contribution in [0.3, 0.4) is 0 Å². The highest BCUT2D eigenvalue weighted by molar-refractivity contribution is 5.84. The molecule has 0 N–H and O–H groups in total. The third-order valence-corrected chi connectivity index (χ3v) is 6.51. The Morgan fingerprint density at radius 1 is 0.767 bits per heavy atom. The molecule has 3 rings (SSSR count). The number of hydrogen-bond acceptors (Lipinski definition) is 0. The minimum Gasteiger partial charge on any atom is -0.0654 e. The van der Waals surface area contributed by atoms with Crippen molar-refractivity contribution in [3.63, 3.8) is 0 Å². The van der Waals surface area contributed by atoms with E-state index < -0.39 is 0 Å². The standard InChI is InChI=1S/C30H42/c1-9-11-13-21-16-23-15-14-22(12-10-2)28(27(23)17-21)24-18-25(29(3,4)5)20-26(19-24)30(6,7)8/h14-15,17-20H,9-13,16H2,1-8H3. The molecule has 0 saturated heterocycles. The molecule has 0 radical (unpaired) electrons. The molecule has 0 heteroatoms. The number of rotatable bonds is 6. The van der Waals surface area contributed by atoms with Crippen molar-refractivity contribution in [2.45, 2.75) is 105 Å². The van der Waals surface area contributed by atoms with E-state index in [4.69, 9.17) is 0 Å². The number of unbranched alkanes of at least 4 members (excludes halogenated alkanes) is 1. The lowest BCUT2D eigenvalue weighted by Crippen LogP contribution is -2.16. The SMILES string of the molecule is CCCCC1=Cc2c(ccc(CCC)c2-c2cc(C(C)(C)C)cc(C(C)(C)C)c2)C1. The summed E-state index contributed by atoms with van der Waals surface area (Å²) in [5.41, 5.74) is 12.2. The van der Waals surface area contributed by atoms with E-state index in [0.29, 0.717) is 0 Å². The summed E-state index contributed by atoms with van der Waals surface area (Å²) in [6, 6.07) is 12.2. The molecular weight excluding hydrogens is 360 g/mol. The first-order chi connectivity index (χ1) is 14.0. The first-order valence-electron chi connectivity index (χ1n) is 12.0. The molecular formula is C30H42. The molecule has 0 unspecified atom stereocenters. The van der Waals surface area contributed by atoms with Crippen molar-refractivity contribution >= 4 is 6.08 Å². The quantitative estimate of drug-likeness (QED) is 0.452. The van der Waals surface area contributed by atoms with Crippen LogP contribution in [0.1, 0.15) is 109 Å². The fourth-order valence-electron chi connectivity index (χ4n) is 4.55. The number of benzene rings is 2. The van der Waals surface area contributed by atoms with Gasteiger partial charge in [-0.25, -0.2) is 0 Å². The third-order valence-electron chi connectivity index (χ3n) is 6.51. The minimum absolute atomic E-state index is 0.140. The van der Waals surface area contributed by atoms with Crippen molar-refractivity contribution in [1.82, 2.24) is 0 Å². The van der Waals surface area contributed by atoms with Crippen LogP contribution < -0.4 is 0 Å². The van der Waals surface area contributed by atoms with E-state index in [1.807, 2.05) is 0 Å². The predicted octanol–water partition coefficient (Wildman–Crippen LogP) is 9.03. The highest BCUT2D eigenvalue weighted by Gasteiger charge is 2.24. The van der Waals surface area contributed by atoms with Gasteiger partial charge in [0, 0.05) is 0 Å². The van der Waals surface area contributed by atoms with Crippen molar-refractivity contribution in [3.8, 4) is 11.1 Å². The molecule has 0 bridgehead atoms. The van der Waals surface area contributed by atoms with Crippen LogP contribution in [-0.4, -0.2) is 0 Å². The Morgan fingerprint density at radius 2 is 1.40 bits per heavy atom. The normalized spacial score (nSPS) is 14.1. The summed E-state index contributed by atoms with van der Waals surface area (Å²) in [6.07, 6.45) is 9.80. The Labute approximate surface area is 185 Å². The van der Waals surface area contributed by atoms with Gasteiger partial charge < -0.3 is 0 Å². The summed E-state index contributed by atoms with van der Waals surface area (Å²) in [5.74, 6) is 0. The lowest BCUT2D eigenvalue weighted by atomic mass is 9.78. The average Bonchev–Trinajstić information content (AvgIpc) is 3.07. The fourth-order valence-corrected chi connectivity index (χ4v) is 4.55. The van der Waals surface area contributed by atoms with E-state index in [-0.39, 0.29) is 10.8 Å². The molecule has 0 heterocycles. The van der Waals surface area contributed by atoms with E-state index in [1.54, 1.807) is 5.57 Å². The lowest BCUT2D eigenvalue weighted by molar-refractivity contribution is 0.569. The fraction of sp³-hybridized carbons (Fsp3) is 0.533. The first kappa shape index (κ1) is 22.9. The Bertz CT molecular complexity index is 893. The molecule has 0 atom stereocenters. The average molecular weight is 403 g/mol. The molecule has 1 aliphatic carbocycles. The molecule has 2 aromatic rings. The zero-order valence-electron chi connectivity index (χ0n) is 20.7. The number of allylic oxidation sites excluding steroid dienone is 1. The highest BCUT2D eigenvalue weighted by Crippen LogP contribution is 2.41. The molecule has 0 aliphatic heterocycles. The van der Waals surface area contributed by atoms with Crippen molar-refractivity contribution in [2.24, 2.45) is 0 Å². The predicted molar refractivity (Wildman–Crippen MR) is 134 cm³/mol. The van der Waals surface area contributed by atoms with Crippen molar-refractivity contribution in [3.05, 3.63) is 63.7 Å². The second-order valence-corrected chi connectivity index (χ2v) is 11.3. The molecule has 1 aliphatic rings. The van der Waals surface area contributed by atoms with Gasteiger partial charge in [0.25, 0.3) is 0 Å². The van der Waals surface area contributed by atoms with Crippen molar-refractivity contribution in [2.75, 3.05) is 0 Å². The van der Waals surface area contributed by atoms with Gasteiger partial charge in [0.1, 0.15) is 0 Å². The third kappa shape index (κ3) is 4.90. The maximum Gasteiger partial charge on any atom is -0.00576 e. The van der Waals surface area contributed by atoms with Crippen molar-refractivity contribution in [1.29, 1.82) is 0 Å². The van der Waals surface area contributed by atoms with Crippen molar-refractivity contribution < 1.29 is 0 Å². The van der Waals surface area contributed by atoms with Crippen LogP contribution in [0.5, 0.6) is 0 Å². The van der Waals surface area contributed by atoms with Crippen LogP contribution in [0.2, 0.25) is 0 Å². The van der Waals surface area contributed by atoms with Crippen LogP contribution in [0.15, 0.2) is 35.9 Å². The Balaban J connectivity index is 2.24. The Kier molecular flexibility index (Phi) is 6.66. The van der Waals surface area contributed by atoms with E-state index in [1.165, 1.54) is 64.6 Å². The Morgan fingerprint density at radius 3 is 1.93 bits per heavy atom. The molecule has 0 nitrogen and oxygen atoms in total. The Hall–Kier alpha value is -1.82. The largest absolute Gasteiger partial charge is 0.0654 e. The number of fused-ring (bicyclic) bond motifs is 1. The van der Waals surface area contributed by atoms with E-state index in [9.17, 15) is 0 Å². The van der Waals surface area contributed by atoms with E-state index in [0.717, 1.165) is 12.8 Å². The van der Waals surface area contributed by atoms with Crippen LogP contribution in [-0.2, 0) is 23.7 Å². The molecule has 0 fully saturated rings. The summed E-state index contributed by atoms with van der Waals surface area (Å²) >= 11 is 0. The molecule has 0 amide bonds. The van der Waals surface area contributed by atoms with Gasteiger partial charge >= 0.3 is 0 Å². The molecule has 0 aromatic heterocycles. The lowest BCUT2D eigenvalue weighted by Gasteiger charge is -2.27. The zero-order chi connectivity index (χ0) is 22.1. The van der Waals surface area contributed by atoms with Crippen LogP contribution in [0.25, 0.3) is 17.2 Å². The summed E-state index contributed by atoms with van der Waals surface area (Å²) in [7, 11) is 0. The molecule has 30 heavy (non-hydrogen) atoms. The van der Waals surface area contributed by atoms with E-state index >= 15 is 0 Å². The van der Waals surface area contributed by atoms with Gasteiger partial charge in [-0.1, -0.05) is 110 Å². The summed E-state index contributed by atoms with van der Waals surface area (Å²) in [5, 5.41) is 0. The minimum atomic E-state index is 0.140. The monoisotopic (exact) mass is 402 g/mol. The topological polar surface area (TPSA) is 0 Å². The molecule has 0 spiro atoms. The smallest absolute Gasteiger partial charge is 0.00576 e. The summed E-state index contributed by atoms with van der Waals surface area (Å²) < 4.78 is 0.